The summed E-state index contributed by atoms with van der Waals surface area (Å²) in [6.45, 7) is 2.15. The lowest BCUT2D eigenvalue weighted by Crippen LogP contribution is -2.51. The van der Waals surface area contributed by atoms with Crippen molar-refractivity contribution in [2.24, 2.45) is 0 Å². The maximum atomic E-state index is 14.3. The van der Waals surface area contributed by atoms with Crippen molar-refractivity contribution >= 4 is 11.6 Å². The number of benzene rings is 2. The smallest absolute Gasteiger partial charge is 0.265 e. The van der Waals surface area contributed by atoms with Gasteiger partial charge < -0.3 is 14.5 Å². The van der Waals surface area contributed by atoms with Crippen LogP contribution in [0.5, 0.6) is 5.75 Å². The van der Waals surface area contributed by atoms with Gasteiger partial charge in [0.2, 0.25) is 0 Å². The number of piperidine rings is 1. The lowest BCUT2D eigenvalue weighted by molar-refractivity contribution is -0.139. The zero-order chi connectivity index (χ0) is 19.5. The maximum Gasteiger partial charge on any atom is 0.265 e. The van der Waals surface area contributed by atoms with Crippen LogP contribution in [0.4, 0.5) is 10.1 Å². The summed E-state index contributed by atoms with van der Waals surface area (Å²) in [5.41, 5.74) is 1.67. The Hall–Kier alpha value is -3.07. The van der Waals surface area contributed by atoms with Gasteiger partial charge in [0.15, 0.2) is 6.10 Å². The lowest BCUT2D eigenvalue weighted by atomic mass is 10.1. The van der Waals surface area contributed by atoms with Gasteiger partial charge >= 0.3 is 0 Å². The van der Waals surface area contributed by atoms with Crippen LogP contribution in [0.25, 0.3) is 0 Å². The maximum absolute atomic E-state index is 14.3. The first-order valence-corrected chi connectivity index (χ1v) is 9.63. The van der Waals surface area contributed by atoms with Crippen LogP contribution in [-0.4, -0.2) is 36.5 Å². The molecule has 2 aliphatic heterocycles. The second kappa shape index (κ2) is 7.89. The van der Waals surface area contributed by atoms with Crippen LogP contribution in [0.2, 0.25) is 0 Å². The molecule has 144 valence electrons. The van der Waals surface area contributed by atoms with Crippen molar-refractivity contribution in [3.63, 3.8) is 0 Å². The van der Waals surface area contributed by atoms with Gasteiger partial charge in [0.25, 0.3) is 5.91 Å². The molecular weight excluding hydrogens is 357 g/mol. The van der Waals surface area contributed by atoms with E-state index in [4.69, 9.17) is 10.00 Å². The van der Waals surface area contributed by atoms with E-state index in [-0.39, 0.29) is 18.3 Å². The van der Waals surface area contributed by atoms with E-state index in [0.29, 0.717) is 23.4 Å². The number of anilines is 1. The number of carbonyl (C=O) groups excluding carboxylic acids is 1. The molecule has 6 heteroatoms. The molecule has 2 heterocycles. The molecule has 2 aromatic rings. The van der Waals surface area contributed by atoms with E-state index in [2.05, 4.69) is 6.07 Å². The first-order valence-electron chi connectivity index (χ1n) is 9.63. The van der Waals surface area contributed by atoms with Crippen LogP contribution in [0, 0.1) is 17.1 Å². The normalized spacial score (nSPS) is 18.8. The highest BCUT2D eigenvalue weighted by Gasteiger charge is 2.34. The standard InChI is InChI=1S/C22H22FN3O2/c23-18-9-8-16(13-24)12-17(18)14-26-15-21(22(27)25-10-4-1-5-11-25)28-20-7-3-2-6-19(20)26/h2-3,6-9,12,21H,1,4-5,10-11,14-15H2/t21-/m1/s1. The molecule has 0 N–H and O–H groups in total. The van der Waals surface area contributed by atoms with Gasteiger partial charge in [0, 0.05) is 25.2 Å². The molecule has 5 nitrogen and oxygen atoms in total. The number of likely N-dealkylation sites (tertiary alicyclic amines) is 1. The fraction of sp³-hybridized carbons (Fsp3) is 0.364. The SMILES string of the molecule is N#Cc1ccc(F)c(CN2C[C@H](C(=O)N3CCCCC3)Oc3ccccc32)c1. The quantitative estimate of drug-likeness (QED) is 0.819. The Morgan fingerprint density at radius 1 is 1.18 bits per heavy atom. The molecule has 1 saturated heterocycles. The predicted octanol–water partition coefficient (Wildman–Crippen LogP) is 3.48. The Bertz CT molecular complexity index is 918. The number of hydrogen-bond acceptors (Lipinski definition) is 4. The summed E-state index contributed by atoms with van der Waals surface area (Å²) in [4.78, 5) is 16.8. The van der Waals surface area contributed by atoms with Crippen molar-refractivity contribution < 1.29 is 13.9 Å². The van der Waals surface area contributed by atoms with Crippen molar-refractivity contribution in [2.45, 2.75) is 31.9 Å². The molecule has 0 aromatic heterocycles. The molecule has 0 spiro atoms. The van der Waals surface area contributed by atoms with E-state index in [9.17, 15) is 9.18 Å². The minimum atomic E-state index is -0.616. The number of amides is 1. The minimum Gasteiger partial charge on any atom is -0.477 e. The van der Waals surface area contributed by atoms with Crippen LogP contribution in [-0.2, 0) is 11.3 Å². The molecule has 1 amide bonds. The molecule has 0 radical (unpaired) electrons. The van der Waals surface area contributed by atoms with E-state index in [1.54, 1.807) is 6.07 Å². The van der Waals surface area contributed by atoms with Gasteiger partial charge in [-0.2, -0.15) is 5.26 Å². The van der Waals surface area contributed by atoms with E-state index >= 15 is 0 Å². The summed E-state index contributed by atoms with van der Waals surface area (Å²) < 4.78 is 20.4. The molecule has 0 aliphatic carbocycles. The number of ether oxygens (including phenoxy) is 1. The Kier molecular flexibility index (Phi) is 5.16. The average molecular weight is 379 g/mol. The number of para-hydroxylation sites is 2. The van der Waals surface area contributed by atoms with Gasteiger partial charge in [-0.25, -0.2) is 4.39 Å². The van der Waals surface area contributed by atoms with Crippen LogP contribution in [0.3, 0.4) is 0 Å². The van der Waals surface area contributed by atoms with Crippen LogP contribution in [0.1, 0.15) is 30.4 Å². The number of nitriles is 1. The lowest BCUT2D eigenvalue weighted by Gasteiger charge is -2.38. The third kappa shape index (κ3) is 3.65. The summed E-state index contributed by atoms with van der Waals surface area (Å²) in [5.74, 6) is 0.258. The van der Waals surface area contributed by atoms with Crippen molar-refractivity contribution in [2.75, 3.05) is 24.5 Å². The molecule has 2 aliphatic rings. The first-order chi connectivity index (χ1) is 13.7. The summed E-state index contributed by atoms with van der Waals surface area (Å²) in [6.07, 6.45) is 2.57. The van der Waals surface area contributed by atoms with Gasteiger partial charge in [0.05, 0.1) is 23.9 Å². The highest BCUT2D eigenvalue weighted by Crippen LogP contribution is 2.35. The molecule has 28 heavy (non-hydrogen) atoms. The predicted molar refractivity (Wildman–Crippen MR) is 103 cm³/mol. The zero-order valence-corrected chi connectivity index (χ0v) is 15.6. The molecule has 0 unspecified atom stereocenters. The molecule has 4 rings (SSSR count). The van der Waals surface area contributed by atoms with Gasteiger partial charge in [0.1, 0.15) is 11.6 Å². The summed E-state index contributed by atoms with van der Waals surface area (Å²) in [6, 6.07) is 13.9. The number of halogens is 1. The number of fused-ring (bicyclic) bond motifs is 1. The van der Waals surface area contributed by atoms with Crippen molar-refractivity contribution in [1.29, 1.82) is 5.26 Å². The monoisotopic (exact) mass is 379 g/mol. The van der Waals surface area contributed by atoms with Crippen molar-refractivity contribution in [3.8, 4) is 11.8 Å². The van der Waals surface area contributed by atoms with Gasteiger partial charge in [-0.1, -0.05) is 12.1 Å². The van der Waals surface area contributed by atoms with Gasteiger partial charge in [-0.15, -0.1) is 0 Å². The molecule has 1 atom stereocenters. The molecule has 1 fully saturated rings. The largest absolute Gasteiger partial charge is 0.477 e. The third-order valence-electron chi connectivity index (χ3n) is 5.34. The molecular formula is C22H22FN3O2. The van der Waals surface area contributed by atoms with E-state index < -0.39 is 6.10 Å². The van der Waals surface area contributed by atoms with Crippen molar-refractivity contribution in [1.82, 2.24) is 4.90 Å². The second-order valence-corrected chi connectivity index (χ2v) is 7.26. The molecule has 2 aromatic carbocycles. The van der Waals surface area contributed by atoms with Gasteiger partial charge in [-0.05, 0) is 49.6 Å². The van der Waals surface area contributed by atoms with Gasteiger partial charge in [-0.3, -0.25) is 4.79 Å². The summed E-state index contributed by atoms with van der Waals surface area (Å²) in [7, 11) is 0. The highest BCUT2D eigenvalue weighted by atomic mass is 19.1. The fourth-order valence-corrected chi connectivity index (χ4v) is 3.87. The van der Waals surface area contributed by atoms with Crippen LogP contribution >= 0.6 is 0 Å². The number of rotatable bonds is 3. The Morgan fingerprint density at radius 2 is 1.96 bits per heavy atom. The number of carbonyl (C=O) groups is 1. The molecule has 0 bridgehead atoms. The number of nitrogens with zero attached hydrogens (tertiary/aromatic N) is 3. The Balaban J connectivity index is 1.61. The van der Waals surface area contributed by atoms with Crippen LogP contribution in [0.15, 0.2) is 42.5 Å². The van der Waals surface area contributed by atoms with E-state index in [1.807, 2.05) is 34.1 Å². The Labute approximate surface area is 163 Å². The second-order valence-electron chi connectivity index (χ2n) is 7.26. The topological polar surface area (TPSA) is 56.6 Å². The van der Waals surface area contributed by atoms with E-state index in [0.717, 1.165) is 38.0 Å². The number of hydrogen-bond donors (Lipinski definition) is 0. The van der Waals surface area contributed by atoms with E-state index in [1.165, 1.54) is 12.1 Å². The molecule has 0 saturated carbocycles. The van der Waals surface area contributed by atoms with Crippen molar-refractivity contribution in [3.05, 3.63) is 59.4 Å². The Morgan fingerprint density at radius 3 is 2.75 bits per heavy atom. The summed E-state index contributed by atoms with van der Waals surface area (Å²) >= 11 is 0. The highest BCUT2D eigenvalue weighted by molar-refractivity contribution is 5.83. The average Bonchev–Trinajstić information content (AvgIpc) is 2.75. The third-order valence-corrected chi connectivity index (χ3v) is 5.34. The first kappa shape index (κ1) is 18.3. The minimum absolute atomic E-state index is 0.00884. The van der Waals surface area contributed by atoms with Crippen LogP contribution < -0.4 is 9.64 Å². The fourth-order valence-electron chi connectivity index (χ4n) is 3.87. The zero-order valence-electron chi connectivity index (χ0n) is 15.6. The summed E-state index contributed by atoms with van der Waals surface area (Å²) in [5, 5.41) is 9.12.